The first-order valence-corrected chi connectivity index (χ1v) is 5.15. The largest absolute Gasteiger partial charge is 0.417 e. The van der Waals surface area contributed by atoms with Crippen molar-refractivity contribution in [2.45, 2.75) is 6.92 Å². The number of rotatable bonds is 3. The molecule has 0 bridgehead atoms. The highest BCUT2D eigenvalue weighted by molar-refractivity contribution is 6.33. The van der Waals surface area contributed by atoms with E-state index in [0.29, 0.717) is 16.3 Å². The van der Waals surface area contributed by atoms with E-state index in [4.69, 9.17) is 18.2 Å². The van der Waals surface area contributed by atoms with Crippen LogP contribution in [0, 0.1) is 6.57 Å². The van der Waals surface area contributed by atoms with Crippen molar-refractivity contribution in [3.8, 4) is 0 Å². The van der Waals surface area contributed by atoms with Crippen LogP contribution in [0.2, 0.25) is 5.02 Å². The Kier molecular flexibility index (Phi) is 4.56. The summed E-state index contributed by atoms with van der Waals surface area (Å²) in [5.74, 6) is 0. The van der Waals surface area contributed by atoms with Crippen LogP contribution in [0.3, 0.4) is 0 Å². The molecule has 0 radical (unpaired) electrons. The number of ether oxygens (including phenoxy) is 1. The third-order valence-electron chi connectivity index (χ3n) is 1.94. The van der Waals surface area contributed by atoms with Crippen molar-refractivity contribution in [2.75, 3.05) is 12.0 Å². The summed E-state index contributed by atoms with van der Waals surface area (Å²) >= 11 is 6.01. The molecule has 1 amide bonds. The molecule has 0 aliphatic carbocycles. The Bertz CT molecular complexity index is 492. The number of amides is 1. The van der Waals surface area contributed by atoms with Gasteiger partial charge in [-0.05, 0) is 24.6 Å². The molecule has 0 saturated carbocycles. The van der Waals surface area contributed by atoms with Gasteiger partial charge >= 0.3 is 12.8 Å². The van der Waals surface area contributed by atoms with Crippen LogP contribution in [0.25, 0.3) is 10.4 Å². The lowest BCUT2D eigenvalue weighted by molar-refractivity contribution is 0.173. The molecule has 1 N–H and O–H groups in total. The van der Waals surface area contributed by atoms with Crippen LogP contribution in [-0.2, 0) is 4.74 Å². The standard InChI is InChI=1S/C12H11ClN2O2/c1-8(2)11-9(13)5-4-6-10(11)15-12(16)17-7-14-3/h4-6H,1,7H2,2H3,(H,15,16). The van der Waals surface area contributed by atoms with Gasteiger partial charge < -0.3 is 4.74 Å². The lowest BCUT2D eigenvalue weighted by Crippen LogP contribution is -2.14. The smallest absolute Gasteiger partial charge is 0.377 e. The van der Waals surface area contributed by atoms with Gasteiger partial charge in [-0.2, -0.15) is 0 Å². The fraction of sp³-hybridized carbons (Fsp3) is 0.167. The van der Waals surface area contributed by atoms with Crippen molar-refractivity contribution in [1.29, 1.82) is 0 Å². The molecule has 0 spiro atoms. The third-order valence-corrected chi connectivity index (χ3v) is 2.25. The van der Waals surface area contributed by atoms with Crippen LogP contribution < -0.4 is 5.32 Å². The summed E-state index contributed by atoms with van der Waals surface area (Å²) in [4.78, 5) is 14.2. The summed E-state index contributed by atoms with van der Waals surface area (Å²) in [5, 5.41) is 3.02. The second-order valence-corrected chi connectivity index (χ2v) is 3.69. The molecule has 1 aromatic rings. The first kappa shape index (κ1) is 13.1. The summed E-state index contributed by atoms with van der Waals surface area (Å²) in [6.07, 6.45) is -0.689. The number of anilines is 1. The second kappa shape index (κ2) is 5.92. The van der Waals surface area contributed by atoms with Gasteiger partial charge in [0.05, 0.1) is 10.7 Å². The monoisotopic (exact) mass is 250 g/mol. The fourth-order valence-corrected chi connectivity index (χ4v) is 1.63. The minimum atomic E-state index is -0.689. The summed E-state index contributed by atoms with van der Waals surface area (Å²) in [6.45, 7) is 11.8. The number of nitrogens with one attached hydrogen (secondary N) is 1. The van der Waals surface area contributed by atoms with E-state index in [0.717, 1.165) is 5.57 Å². The zero-order chi connectivity index (χ0) is 12.8. The Hall–Kier alpha value is -1.99. The highest BCUT2D eigenvalue weighted by Gasteiger charge is 2.11. The van der Waals surface area contributed by atoms with E-state index in [2.05, 4.69) is 21.5 Å². The van der Waals surface area contributed by atoms with Gasteiger partial charge in [-0.3, -0.25) is 10.2 Å². The first-order chi connectivity index (χ1) is 8.06. The van der Waals surface area contributed by atoms with Crippen molar-refractivity contribution < 1.29 is 9.53 Å². The SMILES string of the molecule is [C-]#[N+]COC(=O)Nc1cccc(Cl)c1C(=C)C. The van der Waals surface area contributed by atoms with Crippen molar-refractivity contribution in [1.82, 2.24) is 0 Å². The second-order valence-electron chi connectivity index (χ2n) is 3.29. The molecule has 5 heteroatoms. The number of carbonyl (C=O) groups is 1. The summed E-state index contributed by atoms with van der Waals surface area (Å²) in [5.41, 5.74) is 1.91. The predicted molar refractivity (Wildman–Crippen MR) is 67.7 cm³/mol. The highest BCUT2D eigenvalue weighted by Crippen LogP contribution is 2.30. The highest BCUT2D eigenvalue weighted by atomic mass is 35.5. The Balaban J connectivity index is 2.92. The molecule has 0 saturated heterocycles. The molecule has 0 aliphatic heterocycles. The molecule has 1 rings (SSSR count). The molecule has 0 fully saturated rings. The maximum absolute atomic E-state index is 11.3. The minimum Gasteiger partial charge on any atom is -0.377 e. The lowest BCUT2D eigenvalue weighted by Gasteiger charge is -2.11. The van der Waals surface area contributed by atoms with E-state index in [1.807, 2.05) is 0 Å². The van der Waals surface area contributed by atoms with Gasteiger partial charge in [0.25, 0.3) is 0 Å². The molecule has 17 heavy (non-hydrogen) atoms. The zero-order valence-corrected chi connectivity index (χ0v) is 10.0. The van der Waals surface area contributed by atoms with E-state index in [9.17, 15) is 4.79 Å². The third kappa shape index (κ3) is 3.51. The van der Waals surface area contributed by atoms with Gasteiger partial charge in [-0.25, -0.2) is 11.4 Å². The van der Waals surface area contributed by atoms with E-state index in [1.54, 1.807) is 25.1 Å². The Labute approximate surface area is 105 Å². The maximum atomic E-state index is 11.3. The number of nitrogens with zero attached hydrogens (tertiary/aromatic N) is 1. The molecule has 0 heterocycles. The Morgan fingerprint density at radius 3 is 2.94 bits per heavy atom. The summed E-state index contributed by atoms with van der Waals surface area (Å²) in [6, 6.07) is 5.11. The molecule has 0 unspecified atom stereocenters. The first-order valence-electron chi connectivity index (χ1n) is 4.77. The lowest BCUT2D eigenvalue weighted by atomic mass is 10.1. The van der Waals surface area contributed by atoms with Crippen LogP contribution in [0.5, 0.6) is 0 Å². The van der Waals surface area contributed by atoms with E-state index < -0.39 is 6.09 Å². The molecule has 4 nitrogen and oxygen atoms in total. The number of carbonyl (C=O) groups excluding carboxylic acids is 1. The van der Waals surface area contributed by atoms with Gasteiger partial charge in [0.2, 0.25) is 0 Å². The number of hydrogen-bond donors (Lipinski definition) is 1. The number of halogens is 1. The van der Waals surface area contributed by atoms with Crippen molar-refractivity contribution in [3.63, 3.8) is 0 Å². The van der Waals surface area contributed by atoms with Crippen LogP contribution in [0.1, 0.15) is 12.5 Å². The summed E-state index contributed by atoms with van der Waals surface area (Å²) < 4.78 is 4.59. The van der Waals surface area contributed by atoms with Crippen molar-refractivity contribution >= 4 is 29.0 Å². The number of allylic oxidation sites excluding steroid dienone is 1. The maximum Gasteiger partial charge on any atom is 0.417 e. The van der Waals surface area contributed by atoms with Gasteiger partial charge in [-0.1, -0.05) is 24.2 Å². The Morgan fingerprint density at radius 1 is 1.65 bits per heavy atom. The molecule has 0 aliphatic rings. The fourth-order valence-electron chi connectivity index (χ4n) is 1.30. The van der Waals surface area contributed by atoms with E-state index in [-0.39, 0.29) is 6.73 Å². The van der Waals surface area contributed by atoms with E-state index >= 15 is 0 Å². The van der Waals surface area contributed by atoms with E-state index in [1.165, 1.54) is 0 Å². The molecular formula is C12H11ClN2O2. The average Bonchev–Trinajstić information content (AvgIpc) is 2.25. The minimum absolute atomic E-state index is 0.311. The van der Waals surface area contributed by atoms with Crippen LogP contribution in [0.15, 0.2) is 24.8 Å². The van der Waals surface area contributed by atoms with Crippen molar-refractivity contribution in [2.24, 2.45) is 0 Å². The Morgan fingerprint density at radius 2 is 2.35 bits per heavy atom. The topological polar surface area (TPSA) is 42.7 Å². The molecular weight excluding hydrogens is 240 g/mol. The molecule has 0 aromatic heterocycles. The van der Waals surface area contributed by atoms with Crippen molar-refractivity contribution in [3.05, 3.63) is 46.8 Å². The molecule has 0 atom stereocenters. The zero-order valence-electron chi connectivity index (χ0n) is 9.29. The molecule has 1 aromatic carbocycles. The molecule has 88 valence electrons. The van der Waals surface area contributed by atoms with Gasteiger partial charge in [-0.15, -0.1) is 0 Å². The van der Waals surface area contributed by atoms with Gasteiger partial charge in [0, 0.05) is 5.56 Å². The number of hydrogen-bond acceptors (Lipinski definition) is 2. The van der Waals surface area contributed by atoms with Gasteiger partial charge in [0.1, 0.15) is 0 Å². The van der Waals surface area contributed by atoms with Crippen LogP contribution in [-0.4, -0.2) is 12.8 Å². The summed E-state index contributed by atoms with van der Waals surface area (Å²) in [7, 11) is 0. The average molecular weight is 251 g/mol. The number of benzene rings is 1. The normalized spacial score (nSPS) is 9.24. The quantitative estimate of drug-likeness (QED) is 0.829. The van der Waals surface area contributed by atoms with Crippen LogP contribution >= 0.6 is 11.6 Å². The predicted octanol–water partition coefficient (Wildman–Crippen LogP) is 3.80. The van der Waals surface area contributed by atoms with Crippen LogP contribution in [0.4, 0.5) is 10.5 Å². The van der Waals surface area contributed by atoms with Gasteiger partial charge in [0.15, 0.2) is 0 Å².